The molecule has 1 aromatic rings. The zero-order valence-electron chi connectivity index (χ0n) is 8.89. The van der Waals surface area contributed by atoms with Gasteiger partial charge in [0.2, 0.25) is 0 Å². The van der Waals surface area contributed by atoms with Gasteiger partial charge in [-0.2, -0.15) is 0 Å². The zero-order valence-corrected chi connectivity index (χ0v) is 8.89. The molecule has 0 bridgehead atoms. The largest absolute Gasteiger partial charge is 0.481 e. The fraction of sp³-hybridized carbons (Fsp3) is 0.154. The van der Waals surface area contributed by atoms with Crippen LogP contribution in [0.25, 0.3) is 6.08 Å². The molecule has 1 rings (SSSR count). The maximum atomic E-state index is 9.86. The lowest BCUT2D eigenvalue weighted by atomic mass is 10.2. The van der Waals surface area contributed by atoms with Crippen LogP contribution in [-0.4, -0.2) is 11.1 Å². The van der Waals surface area contributed by atoms with Gasteiger partial charge in [0, 0.05) is 0 Å². The Morgan fingerprint density at radius 3 is 2.07 bits per heavy atom. The molecule has 0 saturated heterocycles. The molecular weight excluding hydrogens is 188 g/mol. The first-order chi connectivity index (χ1) is 7.11. The lowest BCUT2D eigenvalue weighted by molar-refractivity contribution is -0.139. The molecule has 2 nitrogen and oxygen atoms in total. The van der Waals surface area contributed by atoms with E-state index in [2.05, 4.69) is 13.2 Å². The van der Waals surface area contributed by atoms with Gasteiger partial charge < -0.3 is 5.11 Å². The Kier molecular flexibility index (Phi) is 6.64. The van der Waals surface area contributed by atoms with Gasteiger partial charge in [-0.15, -0.1) is 6.58 Å². The van der Waals surface area contributed by atoms with Gasteiger partial charge in [-0.25, -0.2) is 0 Å². The van der Waals surface area contributed by atoms with Gasteiger partial charge in [0.05, 0.1) is 5.92 Å². The summed E-state index contributed by atoms with van der Waals surface area (Å²) in [6.07, 6.45) is 3.22. The number of benzene rings is 1. The summed E-state index contributed by atoms with van der Waals surface area (Å²) in [4.78, 5) is 9.86. The van der Waals surface area contributed by atoms with Crippen molar-refractivity contribution in [2.75, 3.05) is 0 Å². The van der Waals surface area contributed by atoms with Crippen molar-refractivity contribution in [3.63, 3.8) is 0 Å². The van der Waals surface area contributed by atoms with Gasteiger partial charge >= 0.3 is 5.97 Å². The molecule has 0 spiro atoms. The highest BCUT2D eigenvalue weighted by Gasteiger charge is 2.02. The fourth-order valence-electron chi connectivity index (χ4n) is 0.690. The van der Waals surface area contributed by atoms with E-state index < -0.39 is 11.9 Å². The van der Waals surface area contributed by atoms with E-state index in [9.17, 15) is 4.79 Å². The normalized spacial score (nSPS) is 10.5. The Morgan fingerprint density at radius 2 is 1.87 bits per heavy atom. The summed E-state index contributed by atoms with van der Waals surface area (Å²) >= 11 is 0. The number of carboxylic acid groups (broad SMARTS) is 1. The minimum absolute atomic E-state index is 0.417. The Morgan fingerprint density at radius 1 is 1.33 bits per heavy atom. The third kappa shape index (κ3) is 6.27. The lowest BCUT2D eigenvalue weighted by Gasteiger charge is -1.92. The number of carboxylic acids is 1. The predicted molar refractivity (Wildman–Crippen MR) is 63.5 cm³/mol. The first kappa shape index (κ1) is 13.2. The molecule has 15 heavy (non-hydrogen) atoms. The van der Waals surface area contributed by atoms with Crippen molar-refractivity contribution >= 4 is 12.0 Å². The third-order valence-electron chi connectivity index (χ3n) is 1.78. The molecule has 1 N–H and O–H groups in total. The summed E-state index contributed by atoms with van der Waals surface area (Å²) in [6.45, 7) is 8.51. The number of aliphatic carboxylic acids is 1. The monoisotopic (exact) mass is 204 g/mol. The van der Waals surface area contributed by atoms with Crippen LogP contribution in [0.15, 0.2) is 49.6 Å². The van der Waals surface area contributed by atoms with Crippen molar-refractivity contribution in [2.45, 2.75) is 6.92 Å². The van der Waals surface area contributed by atoms with Gasteiger partial charge in [-0.1, -0.05) is 49.1 Å². The Hall–Kier alpha value is -1.83. The van der Waals surface area contributed by atoms with Crippen LogP contribution in [0, 0.1) is 5.92 Å². The van der Waals surface area contributed by atoms with E-state index in [1.807, 2.05) is 36.4 Å². The topological polar surface area (TPSA) is 37.3 Å². The van der Waals surface area contributed by atoms with Gasteiger partial charge in [-0.05, 0) is 12.5 Å². The predicted octanol–water partition coefficient (Wildman–Crippen LogP) is 3.22. The first-order valence-corrected chi connectivity index (χ1v) is 4.64. The summed E-state index contributed by atoms with van der Waals surface area (Å²) < 4.78 is 0. The molecule has 0 amide bonds. The highest BCUT2D eigenvalue weighted by Crippen LogP contribution is 1.97. The van der Waals surface area contributed by atoms with Gasteiger partial charge in [-0.3, -0.25) is 4.79 Å². The van der Waals surface area contributed by atoms with Crippen molar-refractivity contribution in [2.24, 2.45) is 5.92 Å². The average molecular weight is 204 g/mol. The molecule has 0 aliphatic heterocycles. The SMILES string of the molecule is C=CC(C)C(=O)O.C=Cc1ccccc1. The summed E-state index contributed by atoms with van der Waals surface area (Å²) in [5.41, 5.74) is 1.17. The highest BCUT2D eigenvalue weighted by molar-refractivity contribution is 5.71. The molecule has 1 atom stereocenters. The smallest absolute Gasteiger partial charge is 0.310 e. The molecule has 0 aromatic heterocycles. The summed E-state index contributed by atoms with van der Waals surface area (Å²) in [5.74, 6) is -1.24. The second-order valence-electron chi connectivity index (χ2n) is 2.98. The van der Waals surface area contributed by atoms with Crippen LogP contribution >= 0.6 is 0 Å². The van der Waals surface area contributed by atoms with Gasteiger partial charge in [0.25, 0.3) is 0 Å². The van der Waals surface area contributed by atoms with Crippen molar-refractivity contribution in [1.29, 1.82) is 0 Å². The molecule has 1 aromatic carbocycles. The molecule has 2 heteroatoms. The number of carbonyl (C=O) groups is 1. The van der Waals surface area contributed by atoms with Crippen LogP contribution in [-0.2, 0) is 4.79 Å². The first-order valence-electron chi connectivity index (χ1n) is 4.64. The van der Waals surface area contributed by atoms with E-state index in [-0.39, 0.29) is 0 Å². The molecule has 0 aliphatic carbocycles. The van der Waals surface area contributed by atoms with Crippen LogP contribution in [0.1, 0.15) is 12.5 Å². The zero-order chi connectivity index (χ0) is 11.7. The quantitative estimate of drug-likeness (QED) is 0.767. The van der Waals surface area contributed by atoms with Crippen molar-refractivity contribution in [3.05, 3.63) is 55.1 Å². The number of hydrogen-bond donors (Lipinski definition) is 1. The van der Waals surface area contributed by atoms with Crippen molar-refractivity contribution in [1.82, 2.24) is 0 Å². The molecular formula is C13H16O2. The van der Waals surface area contributed by atoms with E-state index in [1.165, 1.54) is 11.6 Å². The van der Waals surface area contributed by atoms with Crippen molar-refractivity contribution < 1.29 is 9.90 Å². The van der Waals surface area contributed by atoms with Crippen LogP contribution in [0.5, 0.6) is 0 Å². The molecule has 0 radical (unpaired) electrons. The minimum atomic E-state index is -0.824. The van der Waals surface area contributed by atoms with E-state index in [1.54, 1.807) is 6.92 Å². The van der Waals surface area contributed by atoms with E-state index >= 15 is 0 Å². The van der Waals surface area contributed by atoms with Gasteiger partial charge in [0.1, 0.15) is 0 Å². The summed E-state index contributed by atoms with van der Waals surface area (Å²) in [6, 6.07) is 10.0. The van der Waals surface area contributed by atoms with Crippen LogP contribution < -0.4 is 0 Å². The third-order valence-corrected chi connectivity index (χ3v) is 1.78. The Bertz CT molecular complexity index is 315. The summed E-state index contributed by atoms with van der Waals surface area (Å²) in [7, 11) is 0. The fourth-order valence-corrected chi connectivity index (χ4v) is 0.690. The molecule has 0 heterocycles. The molecule has 0 aliphatic rings. The molecule has 80 valence electrons. The standard InChI is InChI=1S/C8H8.C5H8O2/c1-2-8-6-4-3-5-7-8;1-3-4(2)5(6)7/h2-7H,1H2;3-4H,1H2,2H3,(H,6,7). The minimum Gasteiger partial charge on any atom is -0.481 e. The van der Waals surface area contributed by atoms with Gasteiger partial charge in [0.15, 0.2) is 0 Å². The maximum absolute atomic E-state index is 9.86. The van der Waals surface area contributed by atoms with E-state index in [4.69, 9.17) is 5.11 Å². The second kappa shape index (κ2) is 7.56. The van der Waals surface area contributed by atoms with Crippen molar-refractivity contribution in [3.8, 4) is 0 Å². The van der Waals surface area contributed by atoms with Crippen LogP contribution in [0.3, 0.4) is 0 Å². The maximum Gasteiger partial charge on any atom is 0.310 e. The van der Waals surface area contributed by atoms with Crippen LogP contribution in [0.4, 0.5) is 0 Å². The molecule has 0 fully saturated rings. The average Bonchev–Trinajstić information content (AvgIpc) is 2.29. The number of hydrogen-bond acceptors (Lipinski definition) is 1. The summed E-state index contributed by atoms with van der Waals surface area (Å²) in [5, 5.41) is 8.11. The van der Waals surface area contributed by atoms with E-state index in [0.29, 0.717) is 0 Å². The Balaban J connectivity index is 0.000000265. The molecule has 1 unspecified atom stereocenters. The highest BCUT2D eigenvalue weighted by atomic mass is 16.4. The Labute approximate surface area is 90.6 Å². The number of rotatable bonds is 3. The molecule has 0 saturated carbocycles. The second-order valence-corrected chi connectivity index (χ2v) is 2.98. The van der Waals surface area contributed by atoms with Crippen LogP contribution in [0.2, 0.25) is 0 Å². The van der Waals surface area contributed by atoms with E-state index in [0.717, 1.165) is 0 Å². The lowest BCUT2D eigenvalue weighted by Crippen LogP contribution is -2.04.